The van der Waals surface area contributed by atoms with Crippen LogP contribution in [0.25, 0.3) is 0 Å². The Balaban J connectivity index is 1.68. The van der Waals surface area contributed by atoms with Crippen LogP contribution in [0.5, 0.6) is 0 Å². The van der Waals surface area contributed by atoms with Crippen molar-refractivity contribution in [3.63, 3.8) is 0 Å². The van der Waals surface area contributed by atoms with Crippen LogP contribution in [-0.2, 0) is 18.9 Å². The lowest BCUT2D eigenvalue weighted by Gasteiger charge is -2.49. The molecule has 12 atom stereocenters. The molecule has 0 aromatic carbocycles. The van der Waals surface area contributed by atoms with Gasteiger partial charge in [-0.25, -0.2) is 0 Å². The fourth-order valence-electron chi connectivity index (χ4n) is 8.66. The monoisotopic (exact) mass is 398 g/mol. The van der Waals surface area contributed by atoms with Gasteiger partial charge in [-0.15, -0.1) is 0 Å². The summed E-state index contributed by atoms with van der Waals surface area (Å²) in [6, 6.07) is 0. The zero-order chi connectivity index (χ0) is 20.1. The quantitative estimate of drug-likeness (QED) is 0.426. The first-order valence-corrected chi connectivity index (χ1v) is 10.3. The van der Waals surface area contributed by atoms with Gasteiger partial charge in [-0.2, -0.15) is 0 Å². The van der Waals surface area contributed by atoms with Crippen molar-refractivity contribution in [2.45, 2.75) is 82.3 Å². The van der Waals surface area contributed by atoms with Crippen molar-refractivity contribution in [2.75, 3.05) is 13.2 Å². The largest absolute Gasteiger partial charge is 0.390 e. The SMILES string of the molecule is C[C@@H]1COC2CC34C5OC(O)[C@]3(O[C@@H]3OCC(O)C34[C@H](C(C)(C)C)[C@H]5O)[C@]21O. The molecular formula is C20H30O8. The smallest absolute Gasteiger partial charge is 0.188 e. The van der Waals surface area contributed by atoms with Gasteiger partial charge in [0.25, 0.3) is 0 Å². The topological polar surface area (TPSA) is 118 Å². The van der Waals surface area contributed by atoms with Gasteiger partial charge >= 0.3 is 0 Å². The van der Waals surface area contributed by atoms with E-state index in [-0.39, 0.29) is 12.5 Å². The first-order valence-electron chi connectivity index (χ1n) is 10.3. The molecule has 2 aliphatic carbocycles. The van der Waals surface area contributed by atoms with Crippen molar-refractivity contribution in [1.29, 1.82) is 0 Å². The van der Waals surface area contributed by atoms with E-state index in [0.29, 0.717) is 13.0 Å². The summed E-state index contributed by atoms with van der Waals surface area (Å²) in [5.74, 6) is -0.702. The molecular weight excluding hydrogens is 368 g/mol. The van der Waals surface area contributed by atoms with Crippen LogP contribution in [0.2, 0.25) is 0 Å². The van der Waals surface area contributed by atoms with Gasteiger partial charge in [-0.1, -0.05) is 27.7 Å². The van der Waals surface area contributed by atoms with Gasteiger partial charge in [0.2, 0.25) is 0 Å². The minimum atomic E-state index is -1.52. The summed E-state index contributed by atoms with van der Waals surface area (Å²) >= 11 is 0. The van der Waals surface area contributed by atoms with Crippen LogP contribution in [0.1, 0.15) is 34.1 Å². The van der Waals surface area contributed by atoms with E-state index in [0.717, 1.165) is 0 Å². The number of ether oxygens (including phenoxy) is 4. The number of rotatable bonds is 0. The van der Waals surface area contributed by atoms with Crippen molar-refractivity contribution in [3.8, 4) is 0 Å². The first kappa shape index (κ1) is 18.4. The third-order valence-electron chi connectivity index (χ3n) is 9.18. The van der Waals surface area contributed by atoms with E-state index in [1.54, 1.807) is 0 Å². The van der Waals surface area contributed by atoms with E-state index >= 15 is 0 Å². The van der Waals surface area contributed by atoms with Crippen LogP contribution >= 0.6 is 0 Å². The van der Waals surface area contributed by atoms with Crippen LogP contribution < -0.4 is 0 Å². The lowest BCUT2D eigenvalue weighted by molar-refractivity contribution is -0.296. The van der Waals surface area contributed by atoms with Crippen LogP contribution in [-0.4, -0.2) is 81.8 Å². The van der Waals surface area contributed by atoms with E-state index in [2.05, 4.69) is 0 Å². The van der Waals surface area contributed by atoms with Crippen LogP contribution in [0, 0.1) is 28.1 Å². The average molecular weight is 398 g/mol. The molecule has 0 amide bonds. The Kier molecular flexibility index (Phi) is 3.15. The average Bonchev–Trinajstić information content (AvgIpc) is 3.31. The lowest BCUT2D eigenvalue weighted by Crippen LogP contribution is -2.67. The fourth-order valence-corrected chi connectivity index (χ4v) is 8.66. The fraction of sp³-hybridized carbons (Fsp3) is 1.00. The maximum absolute atomic E-state index is 12.0. The summed E-state index contributed by atoms with van der Waals surface area (Å²) in [5, 5.41) is 45.9. The molecule has 6 fully saturated rings. The Labute approximate surface area is 163 Å². The minimum absolute atomic E-state index is 0.0874. The molecule has 0 aromatic rings. The maximum Gasteiger partial charge on any atom is 0.188 e. The van der Waals surface area contributed by atoms with Crippen molar-refractivity contribution in [1.82, 2.24) is 0 Å². The molecule has 158 valence electrons. The normalized spacial score (nSPS) is 66.9. The minimum Gasteiger partial charge on any atom is -0.390 e. The molecule has 6 rings (SSSR count). The molecule has 4 saturated heterocycles. The molecule has 2 saturated carbocycles. The van der Waals surface area contributed by atoms with Gasteiger partial charge < -0.3 is 39.4 Å². The van der Waals surface area contributed by atoms with Gasteiger partial charge in [0.15, 0.2) is 18.2 Å². The molecule has 8 heteroatoms. The summed E-state index contributed by atoms with van der Waals surface area (Å²) in [6.45, 7) is 8.39. The standard InChI is InChI=1S/C20H30O8/c1-8-6-25-10-5-17-13-11(22)12(16(2,3)4)18(17)9(21)7-26-15(18)28-20(17,14(23)27-13)19(8,10)24/h8-15,21-24H,5-7H2,1-4H3/t8-,9?,10?,11-,12+,13?,14?,15+,17?,18?,19-,20-/m1/s1. The molecule has 28 heavy (non-hydrogen) atoms. The summed E-state index contributed by atoms with van der Waals surface area (Å²) in [6.07, 6.45) is -5.10. The van der Waals surface area contributed by atoms with Crippen LogP contribution in [0.3, 0.4) is 0 Å². The van der Waals surface area contributed by atoms with Crippen molar-refractivity contribution in [3.05, 3.63) is 0 Å². The highest BCUT2D eigenvalue weighted by Gasteiger charge is 2.99. The second-order valence-electron chi connectivity index (χ2n) is 10.9. The highest BCUT2D eigenvalue weighted by atomic mass is 16.8. The van der Waals surface area contributed by atoms with E-state index in [4.69, 9.17) is 18.9 Å². The first-order chi connectivity index (χ1) is 13.0. The third-order valence-corrected chi connectivity index (χ3v) is 9.18. The van der Waals surface area contributed by atoms with E-state index in [9.17, 15) is 20.4 Å². The number of aliphatic hydroxyl groups is 4. The van der Waals surface area contributed by atoms with E-state index < -0.39 is 70.4 Å². The molecule has 0 aromatic heterocycles. The number of aliphatic hydroxyl groups excluding tert-OH is 3. The summed E-state index contributed by atoms with van der Waals surface area (Å²) < 4.78 is 24.3. The predicted molar refractivity (Wildman–Crippen MR) is 92.7 cm³/mol. The van der Waals surface area contributed by atoms with E-state index in [1.165, 1.54) is 0 Å². The molecule has 2 spiro atoms. The van der Waals surface area contributed by atoms with Gasteiger partial charge in [-0.3, -0.25) is 0 Å². The zero-order valence-corrected chi connectivity index (χ0v) is 16.7. The molecule has 0 radical (unpaired) electrons. The molecule has 8 nitrogen and oxygen atoms in total. The number of fused-ring (bicyclic) bond motifs is 1. The van der Waals surface area contributed by atoms with Gasteiger partial charge in [0.05, 0.1) is 48.5 Å². The van der Waals surface area contributed by atoms with Gasteiger partial charge in [0.1, 0.15) is 5.60 Å². The van der Waals surface area contributed by atoms with Crippen LogP contribution in [0.4, 0.5) is 0 Å². The Morgan fingerprint density at radius 2 is 1.75 bits per heavy atom. The second kappa shape index (κ2) is 4.78. The van der Waals surface area contributed by atoms with E-state index in [1.807, 2.05) is 27.7 Å². The number of hydrogen-bond acceptors (Lipinski definition) is 8. The Bertz CT molecular complexity index is 738. The summed E-state index contributed by atoms with van der Waals surface area (Å²) in [7, 11) is 0. The molecule has 4 aliphatic heterocycles. The third kappa shape index (κ3) is 1.37. The highest BCUT2D eigenvalue weighted by Crippen LogP contribution is 2.85. The molecule has 6 unspecified atom stereocenters. The summed E-state index contributed by atoms with van der Waals surface area (Å²) in [4.78, 5) is 0. The molecule has 6 aliphatic rings. The highest BCUT2D eigenvalue weighted by molar-refractivity contribution is 5.43. The number of hydrogen-bond donors (Lipinski definition) is 4. The van der Waals surface area contributed by atoms with Crippen molar-refractivity contribution < 1.29 is 39.4 Å². The maximum atomic E-state index is 12.0. The zero-order valence-electron chi connectivity index (χ0n) is 16.7. The summed E-state index contributed by atoms with van der Waals surface area (Å²) in [5.41, 5.74) is -5.42. The van der Waals surface area contributed by atoms with Gasteiger partial charge in [0, 0.05) is 11.8 Å². The van der Waals surface area contributed by atoms with Crippen molar-refractivity contribution in [2.24, 2.45) is 28.1 Å². The molecule has 0 bridgehead atoms. The predicted octanol–water partition coefficient (Wildman–Crippen LogP) is -0.631. The lowest BCUT2D eigenvalue weighted by atomic mass is 9.51. The van der Waals surface area contributed by atoms with Crippen LogP contribution in [0.15, 0.2) is 0 Å². The second-order valence-corrected chi connectivity index (χ2v) is 10.9. The Morgan fingerprint density at radius 3 is 2.43 bits per heavy atom. The Morgan fingerprint density at radius 1 is 1.04 bits per heavy atom. The van der Waals surface area contributed by atoms with Crippen molar-refractivity contribution >= 4 is 0 Å². The molecule has 4 N–H and O–H groups in total. The Hall–Kier alpha value is -0.320. The van der Waals surface area contributed by atoms with Gasteiger partial charge in [-0.05, 0) is 11.8 Å². The molecule has 4 heterocycles.